The van der Waals surface area contributed by atoms with Crippen molar-refractivity contribution in [2.24, 2.45) is 0 Å². The van der Waals surface area contributed by atoms with Crippen molar-refractivity contribution in [2.45, 2.75) is 12.3 Å². The van der Waals surface area contributed by atoms with Crippen molar-refractivity contribution >= 4 is 35.0 Å². The molecule has 1 aromatic heterocycles. The summed E-state index contributed by atoms with van der Waals surface area (Å²) in [5.74, 6) is -0.425. The molecule has 0 saturated carbocycles. The molecule has 0 aliphatic carbocycles. The molecule has 0 N–H and O–H groups in total. The van der Waals surface area contributed by atoms with Gasteiger partial charge in [-0.3, -0.25) is 14.9 Å². The molecule has 9 nitrogen and oxygen atoms in total. The quantitative estimate of drug-likeness (QED) is 0.171. The number of hydrogen-bond acceptors (Lipinski definition) is 8. The maximum Gasteiger partial charge on any atom is 0.280 e. The maximum atomic E-state index is 10.9. The summed E-state index contributed by atoms with van der Waals surface area (Å²) in [5, 5.41) is 18.8. The van der Waals surface area contributed by atoms with E-state index in [0.717, 1.165) is 17.6 Å². The van der Waals surface area contributed by atoms with Crippen LogP contribution in [0.1, 0.15) is 18.1 Å². The molecule has 2 aromatic carbocycles. The lowest BCUT2D eigenvalue weighted by Crippen LogP contribution is -2.03. The van der Waals surface area contributed by atoms with Gasteiger partial charge in [-0.05, 0) is 24.3 Å². The summed E-state index contributed by atoms with van der Waals surface area (Å²) in [4.78, 5) is 21.1. The zero-order valence-corrected chi connectivity index (χ0v) is 14.9. The topological polar surface area (TPSA) is 109 Å². The number of para-hydroxylation sites is 1. The summed E-state index contributed by atoms with van der Waals surface area (Å²) in [5.41, 5.74) is 1.17. The Labute approximate surface area is 160 Å². The molecule has 0 radical (unpaired) electrons. The van der Waals surface area contributed by atoms with Gasteiger partial charge in [0.15, 0.2) is 6.29 Å². The summed E-state index contributed by atoms with van der Waals surface area (Å²) in [6, 6.07) is 11.4. The second kappa shape index (κ2) is 9.10. The van der Waals surface area contributed by atoms with E-state index in [9.17, 15) is 14.9 Å². The zero-order valence-electron chi connectivity index (χ0n) is 15.1. The van der Waals surface area contributed by atoms with Crippen LogP contribution in [0.3, 0.4) is 0 Å². The molecule has 0 bridgehead atoms. The maximum absolute atomic E-state index is 10.9. The van der Waals surface area contributed by atoms with E-state index in [0.29, 0.717) is 37.2 Å². The molecule has 1 atom stereocenters. The fourth-order valence-electron chi connectivity index (χ4n) is 2.28. The lowest BCUT2D eigenvalue weighted by atomic mass is 10.2. The standard InChI is InChI=1S/C17H16N4O5S/c22-11-13-10-14(6-7-16(13)21(23)24)25-8-3-9-26-27-12-20-17-5-2-1-4-15(17)18-19-20/h1-2,4-7,10-11H,3,8-9,12H2/i12D. The third-order valence-corrected chi connectivity index (χ3v) is 4.14. The van der Waals surface area contributed by atoms with Gasteiger partial charge < -0.3 is 8.92 Å². The Morgan fingerprint density at radius 2 is 2.15 bits per heavy atom. The normalized spacial score (nSPS) is 12.5. The predicted molar refractivity (Wildman–Crippen MR) is 99.7 cm³/mol. The van der Waals surface area contributed by atoms with Gasteiger partial charge in [0, 0.05) is 24.5 Å². The van der Waals surface area contributed by atoms with Gasteiger partial charge >= 0.3 is 0 Å². The summed E-state index contributed by atoms with van der Waals surface area (Å²) in [6.45, 7) is 0.631. The van der Waals surface area contributed by atoms with Crippen LogP contribution in [0.4, 0.5) is 5.69 Å². The van der Waals surface area contributed by atoms with Crippen molar-refractivity contribution in [1.82, 2.24) is 15.0 Å². The fourth-order valence-corrected chi connectivity index (χ4v) is 2.79. The average Bonchev–Trinajstić information content (AvgIpc) is 3.14. The van der Waals surface area contributed by atoms with Crippen LogP contribution in [0.5, 0.6) is 5.75 Å². The Bertz CT molecular complexity index is 983. The van der Waals surface area contributed by atoms with Gasteiger partial charge in [-0.15, -0.1) is 5.10 Å². The predicted octanol–water partition coefficient (Wildman–Crippen LogP) is 3.24. The number of aldehydes is 1. The first-order valence-electron chi connectivity index (χ1n) is 8.55. The Kier molecular flexibility index (Phi) is 5.88. The number of fused-ring (bicyclic) bond motifs is 1. The Morgan fingerprint density at radius 1 is 1.30 bits per heavy atom. The number of rotatable bonds is 10. The van der Waals surface area contributed by atoms with Crippen LogP contribution in [0.15, 0.2) is 42.5 Å². The smallest absolute Gasteiger partial charge is 0.280 e. The number of carbonyl (C=O) groups is 1. The minimum Gasteiger partial charge on any atom is -0.493 e. The van der Waals surface area contributed by atoms with Crippen molar-refractivity contribution in [1.29, 1.82) is 0 Å². The molecule has 0 amide bonds. The number of ether oxygens (including phenoxy) is 1. The average molecular weight is 389 g/mol. The molecule has 0 fully saturated rings. The number of nitro groups is 1. The van der Waals surface area contributed by atoms with Crippen molar-refractivity contribution in [3.63, 3.8) is 0 Å². The molecule has 0 aliphatic rings. The van der Waals surface area contributed by atoms with Crippen molar-refractivity contribution in [3.8, 4) is 5.75 Å². The first-order valence-corrected chi connectivity index (χ1v) is 8.77. The highest BCUT2D eigenvalue weighted by atomic mass is 32.2. The lowest BCUT2D eigenvalue weighted by Gasteiger charge is -2.07. The lowest BCUT2D eigenvalue weighted by molar-refractivity contribution is -0.385. The van der Waals surface area contributed by atoms with E-state index in [-0.39, 0.29) is 11.3 Å². The molecule has 1 unspecified atom stereocenters. The van der Waals surface area contributed by atoms with Crippen LogP contribution in [0.25, 0.3) is 11.0 Å². The highest BCUT2D eigenvalue weighted by Gasteiger charge is 2.13. The molecular weight excluding hydrogens is 372 g/mol. The van der Waals surface area contributed by atoms with Gasteiger partial charge in [0.2, 0.25) is 0 Å². The van der Waals surface area contributed by atoms with E-state index in [2.05, 4.69) is 10.3 Å². The van der Waals surface area contributed by atoms with Crippen molar-refractivity contribution < 1.29 is 20.0 Å². The third kappa shape index (κ3) is 4.80. The largest absolute Gasteiger partial charge is 0.493 e. The van der Waals surface area contributed by atoms with Crippen LogP contribution < -0.4 is 4.74 Å². The summed E-state index contributed by atoms with van der Waals surface area (Å²) in [7, 11) is 0. The molecular formula is C17H16N4O5S. The molecule has 0 spiro atoms. The van der Waals surface area contributed by atoms with E-state index < -0.39 is 10.8 Å². The summed E-state index contributed by atoms with van der Waals surface area (Å²) < 4.78 is 20.5. The van der Waals surface area contributed by atoms with E-state index in [1.807, 2.05) is 24.3 Å². The first-order chi connectivity index (χ1) is 13.6. The molecule has 10 heteroatoms. The third-order valence-electron chi connectivity index (χ3n) is 3.55. The Balaban J connectivity index is 1.41. The van der Waals surface area contributed by atoms with Crippen molar-refractivity contribution in [3.05, 3.63) is 58.1 Å². The molecule has 3 aromatic rings. The van der Waals surface area contributed by atoms with E-state index >= 15 is 0 Å². The Hall–Kier alpha value is -2.98. The molecule has 1 heterocycles. The van der Waals surface area contributed by atoms with E-state index in [4.69, 9.17) is 10.3 Å². The first kappa shape index (κ1) is 17.4. The van der Waals surface area contributed by atoms with Gasteiger partial charge in [-0.25, -0.2) is 4.68 Å². The summed E-state index contributed by atoms with van der Waals surface area (Å²) >= 11 is 0.957. The van der Waals surface area contributed by atoms with E-state index in [1.165, 1.54) is 22.9 Å². The van der Waals surface area contributed by atoms with Gasteiger partial charge in [0.05, 0.1) is 30.6 Å². The number of aromatic nitrogens is 3. The molecule has 0 aliphatic heterocycles. The van der Waals surface area contributed by atoms with Gasteiger partial charge in [0.25, 0.3) is 5.69 Å². The number of carbonyl (C=O) groups excluding carboxylic acids is 1. The van der Waals surface area contributed by atoms with Crippen molar-refractivity contribution in [2.75, 3.05) is 13.2 Å². The van der Waals surface area contributed by atoms with E-state index in [1.54, 1.807) is 0 Å². The monoisotopic (exact) mass is 389 g/mol. The molecule has 140 valence electrons. The van der Waals surface area contributed by atoms with Gasteiger partial charge in [0.1, 0.15) is 17.1 Å². The summed E-state index contributed by atoms with van der Waals surface area (Å²) in [6.07, 6.45) is 0.957. The number of nitrogens with zero attached hydrogens (tertiary/aromatic N) is 4. The highest BCUT2D eigenvalue weighted by Crippen LogP contribution is 2.22. The van der Waals surface area contributed by atoms with Crippen LogP contribution in [0.2, 0.25) is 0 Å². The van der Waals surface area contributed by atoms with Crippen LogP contribution in [-0.2, 0) is 10.0 Å². The Morgan fingerprint density at radius 3 is 2.96 bits per heavy atom. The minimum absolute atomic E-state index is 0.0357. The molecule has 27 heavy (non-hydrogen) atoms. The van der Waals surface area contributed by atoms with Gasteiger partial charge in [-0.2, -0.15) is 0 Å². The second-order valence-electron chi connectivity index (χ2n) is 5.34. The minimum atomic E-state index is -0.793. The second-order valence-corrected chi connectivity index (χ2v) is 5.98. The van der Waals surface area contributed by atoms with Crippen LogP contribution in [0, 0.1) is 10.1 Å². The molecule has 0 saturated heterocycles. The molecule has 3 rings (SSSR count). The van der Waals surface area contributed by atoms with Gasteiger partial charge in [-0.1, -0.05) is 17.3 Å². The number of hydrogen-bond donors (Lipinski definition) is 0. The zero-order chi connectivity index (χ0) is 19.9. The highest BCUT2D eigenvalue weighted by molar-refractivity contribution is 7.93. The number of benzene rings is 2. The fraction of sp³-hybridized carbons (Fsp3) is 0.235. The van der Waals surface area contributed by atoms with Crippen LogP contribution in [-0.4, -0.2) is 39.4 Å². The number of nitro benzene ring substituents is 1. The SMILES string of the molecule is [2H]C(SOCCCOc1ccc([N+](=O)[O-])c(C=O)c1)n1nnc2ccccc21. The van der Waals surface area contributed by atoms with Crippen LogP contribution >= 0.6 is 12.0 Å².